The Kier molecular flexibility index (Phi) is 7.19. The summed E-state index contributed by atoms with van der Waals surface area (Å²) in [7, 11) is 0. The number of hydrogen-bond acceptors (Lipinski definition) is 5. The minimum Gasteiger partial charge on any atom is -0.487 e. The minimum absolute atomic E-state index is 0.0380. The Bertz CT molecular complexity index is 1710. The molecule has 5 aromatic rings. The zero-order valence-electron chi connectivity index (χ0n) is 20.2. The van der Waals surface area contributed by atoms with Crippen LogP contribution in [0.5, 0.6) is 5.75 Å². The number of ether oxygens (including phenoxy) is 1. The first kappa shape index (κ1) is 25.4. The number of hydrogen-bond donors (Lipinski definition) is 1. The number of aromatic nitrogens is 4. The summed E-state index contributed by atoms with van der Waals surface area (Å²) in [5, 5.41) is 0. The highest BCUT2D eigenvalue weighted by Crippen LogP contribution is 2.41. The lowest BCUT2D eigenvalue weighted by Gasteiger charge is -2.17. The van der Waals surface area contributed by atoms with Crippen molar-refractivity contribution >= 4 is 0 Å². The van der Waals surface area contributed by atoms with Crippen molar-refractivity contribution in [3.05, 3.63) is 130 Å². The third kappa shape index (κ3) is 6.19. The molecule has 0 aliphatic rings. The Morgan fingerprint density at radius 2 is 1.51 bits per heavy atom. The van der Waals surface area contributed by atoms with Crippen LogP contribution in [0.25, 0.3) is 22.8 Å². The third-order valence-corrected chi connectivity index (χ3v) is 5.59. The zero-order chi connectivity index (χ0) is 27.2. The zero-order valence-corrected chi connectivity index (χ0v) is 20.2. The van der Waals surface area contributed by atoms with Gasteiger partial charge in [0.2, 0.25) is 0 Å². The van der Waals surface area contributed by atoms with Crippen molar-refractivity contribution in [1.29, 1.82) is 0 Å². The van der Waals surface area contributed by atoms with Crippen molar-refractivity contribution in [2.75, 3.05) is 0 Å². The molecule has 1 N–H and O–H groups in total. The molecule has 3 aromatic carbocycles. The van der Waals surface area contributed by atoms with E-state index in [1.165, 1.54) is 12.1 Å². The molecule has 9 heteroatoms. The van der Waals surface area contributed by atoms with E-state index in [-0.39, 0.29) is 24.0 Å². The first-order chi connectivity index (χ1) is 18.9. The molecule has 2 heterocycles. The average Bonchev–Trinajstić information content (AvgIpc) is 2.95. The summed E-state index contributed by atoms with van der Waals surface area (Å²) in [4.78, 5) is 27.1. The second kappa shape index (κ2) is 11.0. The molecule has 0 saturated heterocycles. The maximum atomic E-state index is 14.0. The Morgan fingerprint density at radius 3 is 2.21 bits per heavy atom. The average molecular weight is 525 g/mol. The van der Waals surface area contributed by atoms with Crippen LogP contribution in [-0.2, 0) is 12.8 Å². The Labute approximate surface area is 221 Å². The van der Waals surface area contributed by atoms with E-state index in [1.807, 2.05) is 30.3 Å². The Balaban J connectivity index is 1.52. The van der Waals surface area contributed by atoms with Gasteiger partial charge in [-0.15, -0.1) is 0 Å². The molecule has 0 bridgehead atoms. The Hall–Kier alpha value is -5.23. The normalized spacial score (nSPS) is 10.9. The predicted molar refractivity (Wildman–Crippen MR) is 140 cm³/mol. The quantitative estimate of drug-likeness (QED) is 0.290. The largest absolute Gasteiger partial charge is 0.487 e. The van der Waals surface area contributed by atoms with Gasteiger partial charge in [0.25, 0.3) is 0 Å². The molecule has 0 aliphatic heterocycles. The summed E-state index contributed by atoms with van der Waals surface area (Å²) in [6.45, 7) is -0.0806. The number of halogens is 3. The molecule has 6 nitrogen and oxygen atoms in total. The van der Waals surface area contributed by atoms with Crippen molar-refractivity contribution in [2.45, 2.75) is 12.8 Å². The van der Waals surface area contributed by atoms with Gasteiger partial charge in [0.05, 0.1) is 16.8 Å². The third-order valence-electron chi connectivity index (χ3n) is 5.59. The number of H-pyrrole nitrogens is 1. The summed E-state index contributed by atoms with van der Waals surface area (Å²) >= 11 is 0. The number of pyridine rings is 1. The van der Waals surface area contributed by atoms with Crippen LogP contribution in [0.3, 0.4) is 0 Å². The summed E-state index contributed by atoms with van der Waals surface area (Å²) in [5.74, 6) is 5.63. The van der Waals surface area contributed by atoms with Gasteiger partial charge < -0.3 is 4.74 Å². The molecule has 5 rings (SSSR count). The Morgan fingerprint density at radius 1 is 0.795 bits per heavy atom. The standard InChI is InChI=1S/C30H19F3N4O2/c31-30(32,33)24-10-6-11-25(39-19-23-9-4-5-18-34-23)26(24)28-35-27(36-29(38)37-28)22-16-14-21(15-17-22)13-12-20-7-2-1-3-8-20/h1-11,14-18H,19H2,(H,35,36,37,38). The van der Waals surface area contributed by atoms with Crippen LogP contribution in [0, 0.1) is 11.8 Å². The lowest BCUT2D eigenvalue weighted by Crippen LogP contribution is -2.17. The molecular formula is C30H19F3N4O2. The SMILES string of the molecule is O=c1nc(-c2ccc(C#Cc3ccccc3)cc2)nc(-c2c(OCc3ccccn3)cccc2C(F)(F)F)[nH]1. The van der Waals surface area contributed by atoms with E-state index in [2.05, 4.69) is 31.8 Å². The molecule has 192 valence electrons. The van der Waals surface area contributed by atoms with Gasteiger partial charge in [-0.2, -0.15) is 18.2 Å². The predicted octanol–water partition coefficient (Wildman–Crippen LogP) is 5.89. The topological polar surface area (TPSA) is 80.8 Å². The van der Waals surface area contributed by atoms with Crippen LogP contribution in [0.1, 0.15) is 22.4 Å². The van der Waals surface area contributed by atoms with Crippen LogP contribution in [0.4, 0.5) is 13.2 Å². The maximum absolute atomic E-state index is 14.0. The second-order valence-electron chi connectivity index (χ2n) is 8.31. The molecule has 0 atom stereocenters. The van der Waals surface area contributed by atoms with Gasteiger partial charge in [0.15, 0.2) is 5.82 Å². The molecule has 0 unspecified atom stereocenters. The van der Waals surface area contributed by atoms with E-state index in [0.717, 1.165) is 11.6 Å². The summed E-state index contributed by atoms with van der Waals surface area (Å²) < 4.78 is 47.8. The first-order valence-corrected chi connectivity index (χ1v) is 11.8. The molecule has 0 fully saturated rings. The van der Waals surface area contributed by atoms with Crippen molar-refractivity contribution in [3.8, 4) is 40.4 Å². The van der Waals surface area contributed by atoms with E-state index in [4.69, 9.17) is 4.74 Å². The summed E-state index contributed by atoms with van der Waals surface area (Å²) in [5.41, 5.74) is 0.269. The van der Waals surface area contributed by atoms with Gasteiger partial charge in [0.1, 0.15) is 18.2 Å². The van der Waals surface area contributed by atoms with Gasteiger partial charge in [-0.1, -0.05) is 42.2 Å². The fourth-order valence-electron chi connectivity index (χ4n) is 3.77. The van der Waals surface area contributed by atoms with Crippen LogP contribution >= 0.6 is 0 Å². The van der Waals surface area contributed by atoms with E-state index in [1.54, 1.807) is 48.7 Å². The van der Waals surface area contributed by atoms with E-state index in [9.17, 15) is 18.0 Å². The number of alkyl halides is 3. The molecule has 39 heavy (non-hydrogen) atoms. The molecule has 0 radical (unpaired) electrons. The molecule has 0 spiro atoms. The summed E-state index contributed by atoms with van der Waals surface area (Å²) in [6.07, 6.45) is -3.18. The van der Waals surface area contributed by atoms with Gasteiger partial charge in [-0.05, 0) is 60.7 Å². The number of aromatic amines is 1. The lowest BCUT2D eigenvalue weighted by atomic mass is 10.0. The molecule has 2 aromatic heterocycles. The summed E-state index contributed by atoms with van der Waals surface area (Å²) in [6, 6.07) is 24.9. The van der Waals surface area contributed by atoms with Crippen LogP contribution < -0.4 is 10.4 Å². The fraction of sp³-hybridized carbons (Fsp3) is 0.0667. The highest BCUT2D eigenvalue weighted by Gasteiger charge is 2.36. The highest BCUT2D eigenvalue weighted by molar-refractivity contribution is 5.71. The fourth-order valence-corrected chi connectivity index (χ4v) is 3.77. The monoisotopic (exact) mass is 524 g/mol. The van der Waals surface area contributed by atoms with Gasteiger partial charge >= 0.3 is 11.9 Å². The van der Waals surface area contributed by atoms with Crippen molar-refractivity contribution in [1.82, 2.24) is 19.9 Å². The lowest BCUT2D eigenvalue weighted by molar-refractivity contribution is -0.137. The van der Waals surface area contributed by atoms with Gasteiger partial charge in [0, 0.05) is 22.9 Å². The van der Waals surface area contributed by atoms with Crippen LogP contribution in [0.15, 0.2) is 102 Å². The van der Waals surface area contributed by atoms with E-state index < -0.39 is 23.0 Å². The van der Waals surface area contributed by atoms with Crippen LogP contribution in [-0.4, -0.2) is 19.9 Å². The maximum Gasteiger partial charge on any atom is 0.417 e. The van der Waals surface area contributed by atoms with Crippen molar-refractivity contribution in [3.63, 3.8) is 0 Å². The number of rotatable bonds is 5. The second-order valence-corrected chi connectivity index (χ2v) is 8.31. The van der Waals surface area contributed by atoms with Crippen molar-refractivity contribution < 1.29 is 17.9 Å². The van der Waals surface area contributed by atoms with Gasteiger partial charge in [-0.25, -0.2) is 9.78 Å². The van der Waals surface area contributed by atoms with E-state index in [0.29, 0.717) is 16.8 Å². The van der Waals surface area contributed by atoms with Crippen molar-refractivity contribution in [2.24, 2.45) is 0 Å². The van der Waals surface area contributed by atoms with Crippen LogP contribution in [0.2, 0.25) is 0 Å². The first-order valence-electron chi connectivity index (χ1n) is 11.8. The van der Waals surface area contributed by atoms with Gasteiger partial charge in [-0.3, -0.25) is 9.97 Å². The molecule has 0 saturated carbocycles. The van der Waals surface area contributed by atoms with E-state index >= 15 is 0 Å². The highest BCUT2D eigenvalue weighted by atomic mass is 19.4. The number of nitrogens with zero attached hydrogens (tertiary/aromatic N) is 3. The molecule has 0 aliphatic carbocycles. The minimum atomic E-state index is -4.74. The molecule has 0 amide bonds. The number of benzene rings is 3. The number of nitrogens with one attached hydrogen (secondary N) is 1. The smallest absolute Gasteiger partial charge is 0.417 e. The molecular weight excluding hydrogens is 505 g/mol.